The Bertz CT molecular complexity index is 457. The van der Waals surface area contributed by atoms with Gasteiger partial charge in [-0.3, -0.25) is 0 Å². The van der Waals surface area contributed by atoms with E-state index in [-0.39, 0.29) is 10.6 Å². The Hall–Kier alpha value is -0.940. The molecule has 0 aromatic heterocycles. The minimum absolute atomic E-state index is 0.0661. The Morgan fingerprint density at radius 3 is 2.56 bits per heavy atom. The molecule has 0 aliphatic rings. The molecule has 0 saturated carbocycles. The molecule has 0 fully saturated rings. The Balaban J connectivity index is 2.90. The highest BCUT2D eigenvalue weighted by Gasteiger charge is 2.16. The molecule has 0 amide bonds. The molecule has 0 heterocycles. The van der Waals surface area contributed by atoms with Crippen LogP contribution in [0.5, 0.6) is 0 Å². The summed E-state index contributed by atoms with van der Waals surface area (Å²) < 4.78 is 36.6. The minimum Gasteiger partial charge on any atom is -0.330 e. The Morgan fingerprint density at radius 2 is 2.00 bits per heavy atom. The third-order valence-corrected chi connectivity index (χ3v) is 4.29. The maximum Gasteiger partial charge on any atom is 0.178 e. The van der Waals surface area contributed by atoms with Gasteiger partial charge in [0.05, 0.1) is 10.6 Å². The maximum absolute atomic E-state index is 12.8. The molecule has 90 valence electrons. The van der Waals surface area contributed by atoms with E-state index in [9.17, 15) is 12.8 Å². The number of hydrogen-bond acceptors (Lipinski definition) is 3. The van der Waals surface area contributed by atoms with Gasteiger partial charge in [0.1, 0.15) is 5.82 Å². The van der Waals surface area contributed by atoms with Crippen LogP contribution >= 0.6 is 0 Å². The number of sulfone groups is 1. The van der Waals surface area contributed by atoms with E-state index in [1.807, 2.05) is 0 Å². The van der Waals surface area contributed by atoms with Crippen molar-refractivity contribution in [2.24, 2.45) is 5.73 Å². The third kappa shape index (κ3) is 3.28. The van der Waals surface area contributed by atoms with Gasteiger partial charge in [0.25, 0.3) is 0 Å². The maximum atomic E-state index is 12.8. The molecule has 0 atom stereocenters. The van der Waals surface area contributed by atoms with Crippen LogP contribution in [0, 0.1) is 12.7 Å². The fourth-order valence-corrected chi connectivity index (χ4v) is 3.14. The van der Waals surface area contributed by atoms with Gasteiger partial charge in [-0.15, -0.1) is 0 Å². The number of unbranched alkanes of at least 4 members (excludes halogenated alkanes) is 1. The van der Waals surface area contributed by atoms with Crippen LogP contribution in [0.1, 0.15) is 18.4 Å². The standard InChI is InChI=1S/C11H16FNO2S/c1-9-8-10(12)4-5-11(9)16(14,15)7-3-2-6-13/h4-5,8H,2-3,6-7,13H2,1H3. The fraction of sp³-hybridized carbons (Fsp3) is 0.455. The first-order valence-electron chi connectivity index (χ1n) is 5.16. The summed E-state index contributed by atoms with van der Waals surface area (Å²) in [4.78, 5) is 0.214. The molecule has 2 N–H and O–H groups in total. The normalized spacial score (nSPS) is 11.7. The van der Waals surface area contributed by atoms with E-state index in [1.165, 1.54) is 18.2 Å². The van der Waals surface area contributed by atoms with Gasteiger partial charge in [-0.1, -0.05) is 0 Å². The molecule has 0 bridgehead atoms. The van der Waals surface area contributed by atoms with Gasteiger partial charge < -0.3 is 5.73 Å². The highest BCUT2D eigenvalue weighted by molar-refractivity contribution is 7.91. The van der Waals surface area contributed by atoms with Crippen molar-refractivity contribution in [3.8, 4) is 0 Å². The fourth-order valence-electron chi connectivity index (χ4n) is 1.51. The molecule has 1 aromatic rings. The summed E-state index contributed by atoms with van der Waals surface area (Å²) in [5.74, 6) is -0.352. The predicted molar refractivity (Wildman–Crippen MR) is 61.5 cm³/mol. The van der Waals surface area contributed by atoms with Crippen molar-refractivity contribution in [3.05, 3.63) is 29.6 Å². The first-order valence-corrected chi connectivity index (χ1v) is 6.81. The van der Waals surface area contributed by atoms with Gasteiger partial charge in [0, 0.05) is 0 Å². The van der Waals surface area contributed by atoms with Crippen molar-refractivity contribution in [1.29, 1.82) is 0 Å². The summed E-state index contributed by atoms with van der Waals surface area (Å²) in [5.41, 5.74) is 5.75. The van der Waals surface area contributed by atoms with Gasteiger partial charge >= 0.3 is 0 Å². The zero-order valence-corrected chi connectivity index (χ0v) is 10.1. The Kier molecular flexibility index (Phi) is 4.44. The summed E-state index contributed by atoms with van der Waals surface area (Å²) >= 11 is 0. The lowest BCUT2D eigenvalue weighted by molar-refractivity contribution is 0.589. The second-order valence-electron chi connectivity index (χ2n) is 3.72. The van der Waals surface area contributed by atoms with Crippen molar-refractivity contribution in [2.75, 3.05) is 12.3 Å². The monoisotopic (exact) mass is 245 g/mol. The molecule has 0 aliphatic carbocycles. The number of hydrogen-bond donors (Lipinski definition) is 1. The van der Waals surface area contributed by atoms with E-state index in [0.717, 1.165) is 0 Å². The summed E-state index contributed by atoms with van der Waals surface area (Å²) in [6.07, 6.45) is 1.22. The summed E-state index contributed by atoms with van der Waals surface area (Å²) in [5, 5.41) is 0. The highest BCUT2D eigenvalue weighted by Crippen LogP contribution is 2.18. The summed E-state index contributed by atoms with van der Waals surface area (Å²) in [7, 11) is -3.30. The van der Waals surface area contributed by atoms with E-state index in [2.05, 4.69) is 0 Å². The van der Waals surface area contributed by atoms with Gasteiger partial charge in [-0.05, 0) is 50.1 Å². The number of benzene rings is 1. The Labute approximate surface area is 95.4 Å². The Morgan fingerprint density at radius 1 is 1.31 bits per heavy atom. The van der Waals surface area contributed by atoms with Crippen LogP contribution in [-0.2, 0) is 9.84 Å². The molecule has 1 rings (SSSR count). The highest BCUT2D eigenvalue weighted by atomic mass is 32.2. The lowest BCUT2D eigenvalue weighted by Crippen LogP contribution is -2.10. The van der Waals surface area contributed by atoms with Gasteiger partial charge in [0.15, 0.2) is 9.84 Å². The van der Waals surface area contributed by atoms with E-state index < -0.39 is 15.7 Å². The third-order valence-electron chi connectivity index (χ3n) is 2.34. The topological polar surface area (TPSA) is 60.2 Å². The lowest BCUT2D eigenvalue weighted by atomic mass is 10.2. The number of nitrogens with two attached hydrogens (primary N) is 1. The summed E-state index contributed by atoms with van der Waals surface area (Å²) in [6, 6.07) is 3.72. The van der Waals surface area contributed by atoms with Crippen molar-refractivity contribution in [1.82, 2.24) is 0 Å². The molecule has 3 nitrogen and oxygen atoms in total. The minimum atomic E-state index is -3.30. The first-order chi connectivity index (χ1) is 7.47. The predicted octanol–water partition coefficient (Wildman–Crippen LogP) is 1.65. The molecule has 0 aliphatic heterocycles. The van der Waals surface area contributed by atoms with E-state index in [1.54, 1.807) is 6.92 Å². The number of aryl methyl sites for hydroxylation is 1. The smallest absolute Gasteiger partial charge is 0.178 e. The average molecular weight is 245 g/mol. The zero-order chi connectivity index (χ0) is 12.2. The van der Waals surface area contributed by atoms with Gasteiger partial charge in [-0.2, -0.15) is 0 Å². The van der Waals surface area contributed by atoms with Crippen LogP contribution < -0.4 is 5.73 Å². The van der Waals surface area contributed by atoms with E-state index in [4.69, 9.17) is 5.73 Å². The van der Waals surface area contributed by atoms with E-state index in [0.29, 0.717) is 24.9 Å². The molecule has 0 radical (unpaired) electrons. The van der Waals surface area contributed by atoms with Crippen molar-refractivity contribution in [3.63, 3.8) is 0 Å². The van der Waals surface area contributed by atoms with Crippen LogP contribution in [0.15, 0.2) is 23.1 Å². The molecule has 5 heteroatoms. The van der Waals surface area contributed by atoms with Crippen LogP contribution in [0.25, 0.3) is 0 Å². The molecule has 0 unspecified atom stereocenters. The second-order valence-corrected chi connectivity index (χ2v) is 5.80. The van der Waals surface area contributed by atoms with Crippen LogP contribution in [0.4, 0.5) is 4.39 Å². The molecule has 1 aromatic carbocycles. The van der Waals surface area contributed by atoms with Crippen LogP contribution in [0.3, 0.4) is 0 Å². The quantitative estimate of drug-likeness (QED) is 0.634. The first kappa shape index (κ1) is 13.1. The lowest BCUT2D eigenvalue weighted by Gasteiger charge is -2.07. The molecular formula is C11H16FNO2S. The number of halogens is 1. The van der Waals surface area contributed by atoms with E-state index >= 15 is 0 Å². The number of rotatable bonds is 5. The molecule has 0 spiro atoms. The second kappa shape index (κ2) is 5.41. The molecule has 0 saturated heterocycles. The van der Waals surface area contributed by atoms with Gasteiger partial charge in [-0.25, -0.2) is 12.8 Å². The van der Waals surface area contributed by atoms with Crippen LogP contribution in [-0.4, -0.2) is 20.7 Å². The van der Waals surface area contributed by atoms with Crippen molar-refractivity contribution in [2.45, 2.75) is 24.7 Å². The SMILES string of the molecule is Cc1cc(F)ccc1S(=O)(=O)CCCCN. The largest absolute Gasteiger partial charge is 0.330 e. The van der Waals surface area contributed by atoms with Crippen molar-refractivity contribution < 1.29 is 12.8 Å². The summed E-state index contributed by atoms with van der Waals surface area (Å²) in [6.45, 7) is 2.08. The van der Waals surface area contributed by atoms with Crippen molar-refractivity contribution >= 4 is 9.84 Å². The van der Waals surface area contributed by atoms with Crippen LogP contribution in [0.2, 0.25) is 0 Å². The van der Waals surface area contributed by atoms with Gasteiger partial charge in [0.2, 0.25) is 0 Å². The molecular weight excluding hydrogens is 229 g/mol. The average Bonchev–Trinajstić information content (AvgIpc) is 2.17. The molecule has 16 heavy (non-hydrogen) atoms. The zero-order valence-electron chi connectivity index (χ0n) is 9.24.